The third kappa shape index (κ3) is 10.3. The summed E-state index contributed by atoms with van der Waals surface area (Å²) >= 11 is 0. The summed E-state index contributed by atoms with van der Waals surface area (Å²) in [5, 5.41) is 5.73. The van der Waals surface area contributed by atoms with Gasteiger partial charge in [0.1, 0.15) is 23.4 Å². The van der Waals surface area contributed by atoms with Gasteiger partial charge in [0.15, 0.2) is 0 Å². The van der Waals surface area contributed by atoms with Gasteiger partial charge >= 0.3 is 6.09 Å². The van der Waals surface area contributed by atoms with Gasteiger partial charge in [-0.15, -0.1) is 0 Å². The Morgan fingerprint density at radius 3 is 2.10 bits per heavy atom. The van der Waals surface area contributed by atoms with Gasteiger partial charge in [0.05, 0.1) is 7.11 Å². The monoisotopic (exact) mass is 539 g/mol. The minimum Gasteiger partial charge on any atom is -0.497 e. The zero-order chi connectivity index (χ0) is 29.0. The summed E-state index contributed by atoms with van der Waals surface area (Å²) in [4.78, 5) is 42.3. The summed E-state index contributed by atoms with van der Waals surface area (Å²) in [7, 11) is 1.58. The molecule has 2 rings (SSSR count). The zero-order valence-electron chi connectivity index (χ0n) is 24.5. The maximum atomic E-state index is 14.2. The molecule has 0 spiro atoms. The van der Waals surface area contributed by atoms with E-state index in [1.807, 2.05) is 44.2 Å². The molecule has 0 bridgehead atoms. The van der Waals surface area contributed by atoms with Crippen LogP contribution in [-0.2, 0) is 14.3 Å². The van der Waals surface area contributed by atoms with E-state index in [0.717, 1.165) is 25.7 Å². The van der Waals surface area contributed by atoms with Crippen molar-refractivity contribution in [2.45, 2.75) is 84.9 Å². The Morgan fingerprint density at radius 1 is 0.923 bits per heavy atom. The fourth-order valence-electron chi connectivity index (χ4n) is 4.20. The Morgan fingerprint density at radius 2 is 1.56 bits per heavy atom. The van der Waals surface area contributed by atoms with Crippen LogP contribution in [0.25, 0.3) is 0 Å². The highest BCUT2D eigenvalue weighted by Crippen LogP contribution is 2.27. The lowest BCUT2D eigenvalue weighted by molar-refractivity contribution is -0.141. The van der Waals surface area contributed by atoms with Gasteiger partial charge in [0.25, 0.3) is 5.91 Å². The van der Waals surface area contributed by atoms with Crippen molar-refractivity contribution in [3.05, 3.63) is 60.2 Å². The lowest BCUT2D eigenvalue weighted by Crippen LogP contribution is -2.54. The molecule has 214 valence electrons. The van der Waals surface area contributed by atoms with Gasteiger partial charge < -0.3 is 25.0 Å². The maximum absolute atomic E-state index is 14.2. The van der Waals surface area contributed by atoms with Gasteiger partial charge in [-0.2, -0.15) is 0 Å². The number of ether oxygens (including phenoxy) is 2. The molecular weight excluding hydrogens is 494 g/mol. The van der Waals surface area contributed by atoms with Crippen molar-refractivity contribution in [1.82, 2.24) is 10.2 Å². The van der Waals surface area contributed by atoms with Crippen LogP contribution >= 0.6 is 0 Å². The number of carbonyl (C=O) groups is 3. The Labute approximate surface area is 233 Å². The Bertz CT molecular complexity index is 1050. The van der Waals surface area contributed by atoms with Crippen molar-refractivity contribution in [1.29, 1.82) is 0 Å². The average molecular weight is 540 g/mol. The van der Waals surface area contributed by atoms with E-state index in [4.69, 9.17) is 9.47 Å². The SMILES string of the molecule is CCCCCCN(C(=O)C(NC(=O)OC(C)(C)C)C(C)C)C(C(=O)Nc1ccc(OC)cc1)c1ccccc1. The van der Waals surface area contributed by atoms with Crippen LogP contribution in [0.1, 0.15) is 78.8 Å². The number of alkyl carbamates (subject to hydrolysis) is 1. The number of hydrogen-bond donors (Lipinski definition) is 2. The quantitative estimate of drug-likeness (QED) is 0.290. The second kappa shape index (κ2) is 15.1. The summed E-state index contributed by atoms with van der Waals surface area (Å²) in [6.07, 6.45) is 3.06. The number of amides is 3. The predicted molar refractivity (Wildman–Crippen MR) is 155 cm³/mol. The number of rotatable bonds is 13. The van der Waals surface area contributed by atoms with Crippen molar-refractivity contribution in [3.63, 3.8) is 0 Å². The van der Waals surface area contributed by atoms with E-state index in [-0.39, 0.29) is 17.7 Å². The average Bonchev–Trinajstić information content (AvgIpc) is 2.88. The lowest BCUT2D eigenvalue weighted by atomic mass is 9.98. The number of benzene rings is 2. The molecule has 0 heterocycles. The molecule has 0 saturated carbocycles. The third-order valence-corrected chi connectivity index (χ3v) is 6.17. The topological polar surface area (TPSA) is 97.0 Å². The Hall–Kier alpha value is -3.55. The largest absolute Gasteiger partial charge is 0.497 e. The van der Waals surface area contributed by atoms with Crippen LogP contribution in [0.5, 0.6) is 5.75 Å². The number of carbonyl (C=O) groups excluding carboxylic acids is 3. The van der Waals surface area contributed by atoms with Crippen LogP contribution < -0.4 is 15.4 Å². The van der Waals surface area contributed by atoms with Crippen LogP contribution in [0.2, 0.25) is 0 Å². The minimum atomic E-state index is -0.899. The number of hydrogen-bond acceptors (Lipinski definition) is 5. The van der Waals surface area contributed by atoms with Crippen molar-refractivity contribution in [2.24, 2.45) is 5.92 Å². The van der Waals surface area contributed by atoms with Crippen molar-refractivity contribution in [2.75, 3.05) is 19.0 Å². The first-order chi connectivity index (χ1) is 18.5. The number of nitrogens with one attached hydrogen (secondary N) is 2. The molecule has 0 aromatic heterocycles. The van der Waals surface area contributed by atoms with Gasteiger partial charge in [-0.3, -0.25) is 9.59 Å². The smallest absolute Gasteiger partial charge is 0.408 e. The van der Waals surface area contributed by atoms with Gasteiger partial charge in [0, 0.05) is 12.2 Å². The third-order valence-electron chi connectivity index (χ3n) is 6.17. The van der Waals surface area contributed by atoms with E-state index < -0.39 is 23.8 Å². The van der Waals surface area contributed by atoms with Crippen molar-refractivity contribution in [3.8, 4) is 5.75 Å². The van der Waals surface area contributed by atoms with Gasteiger partial charge in [-0.1, -0.05) is 70.4 Å². The summed E-state index contributed by atoms with van der Waals surface area (Å²) in [5.41, 5.74) is 0.568. The standard InChI is InChI=1S/C31H45N3O5/c1-8-9-10-14-21-34(29(36)26(22(2)3)33-30(37)39-31(4,5)6)27(23-15-12-11-13-16-23)28(35)32-24-17-19-25(38-7)20-18-24/h11-13,15-20,22,26-27H,8-10,14,21H2,1-7H3,(H,32,35)(H,33,37). The zero-order valence-corrected chi connectivity index (χ0v) is 24.5. The second-order valence-corrected chi connectivity index (χ2v) is 11.0. The van der Waals surface area contributed by atoms with Crippen LogP contribution in [0.4, 0.5) is 10.5 Å². The highest BCUT2D eigenvalue weighted by molar-refractivity contribution is 5.99. The van der Waals surface area contributed by atoms with Crippen molar-refractivity contribution < 1.29 is 23.9 Å². The minimum absolute atomic E-state index is 0.232. The molecular formula is C31H45N3O5. The maximum Gasteiger partial charge on any atom is 0.408 e. The highest BCUT2D eigenvalue weighted by Gasteiger charge is 2.37. The van der Waals surface area contributed by atoms with E-state index in [1.54, 1.807) is 57.0 Å². The van der Waals surface area contributed by atoms with E-state index in [2.05, 4.69) is 17.6 Å². The molecule has 39 heavy (non-hydrogen) atoms. The van der Waals surface area contributed by atoms with Crippen LogP contribution in [0.15, 0.2) is 54.6 Å². The van der Waals surface area contributed by atoms with Gasteiger partial charge in [0.2, 0.25) is 5.91 Å². The summed E-state index contributed by atoms with van der Waals surface area (Å²) in [6, 6.07) is 14.5. The number of methoxy groups -OCH3 is 1. The predicted octanol–water partition coefficient (Wildman–Crippen LogP) is 6.33. The fraction of sp³-hybridized carbons (Fsp3) is 0.516. The first-order valence-corrected chi connectivity index (χ1v) is 13.8. The molecule has 3 amide bonds. The molecule has 2 aromatic rings. The molecule has 0 aliphatic rings. The fourth-order valence-corrected chi connectivity index (χ4v) is 4.20. The Kier molecular flexibility index (Phi) is 12.3. The molecule has 0 fully saturated rings. The molecule has 8 heteroatoms. The van der Waals surface area contributed by atoms with Gasteiger partial charge in [-0.25, -0.2) is 4.79 Å². The first kappa shape index (κ1) is 31.7. The van der Waals surface area contributed by atoms with E-state index in [0.29, 0.717) is 23.5 Å². The molecule has 2 aromatic carbocycles. The summed E-state index contributed by atoms with van der Waals surface area (Å²) in [5.74, 6) is -0.223. The Balaban J connectivity index is 2.46. The second-order valence-electron chi connectivity index (χ2n) is 11.0. The number of anilines is 1. The highest BCUT2D eigenvalue weighted by atomic mass is 16.6. The normalized spacial score (nSPS) is 12.8. The van der Waals surface area contributed by atoms with E-state index >= 15 is 0 Å². The molecule has 0 aliphatic heterocycles. The summed E-state index contributed by atoms with van der Waals surface area (Å²) in [6.45, 7) is 11.5. The number of unbranched alkanes of at least 4 members (excludes halogenated alkanes) is 3. The molecule has 2 N–H and O–H groups in total. The van der Waals surface area contributed by atoms with E-state index in [9.17, 15) is 14.4 Å². The van der Waals surface area contributed by atoms with Crippen molar-refractivity contribution >= 4 is 23.6 Å². The van der Waals surface area contributed by atoms with Crippen LogP contribution in [0.3, 0.4) is 0 Å². The van der Waals surface area contributed by atoms with Gasteiger partial charge in [-0.05, 0) is 62.9 Å². The molecule has 2 atom stereocenters. The lowest BCUT2D eigenvalue weighted by Gasteiger charge is -2.35. The first-order valence-electron chi connectivity index (χ1n) is 13.8. The number of nitrogens with zero attached hydrogens (tertiary/aromatic N) is 1. The molecule has 0 radical (unpaired) electrons. The van der Waals surface area contributed by atoms with Crippen LogP contribution in [0, 0.1) is 5.92 Å². The molecule has 2 unspecified atom stereocenters. The molecule has 0 saturated heterocycles. The van der Waals surface area contributed by atoms with E-state index in [1.165, 1.54) is 0 Å². The molecule has 0 aliphatic carbocycles. The summed E-state index contributed by atoms with van der Waals surface area (Å²) < 4.78 is 10.7. The van der Waals surface area contributed by atoms with Crippen LogP contribution in [-0.4, -0.2) is 48.1 Å². The molecule has 8 nitrogen and oxygen atoms in total.